The van der Waals surface area contributed by atoms with E-state index in [2.05, 4.69) is 40.2 Å². The third-order valence-corrected chi connectivity index (χ3v) is 6.27. The number of amides is 1. The van der Waals surface area contributed by atoms with Gasteiger partial charge in [0.2, 0.25) is 5.82 Å². The maximum absolute atomic E-state index is 13.3. The van der Waals surface area contributed by atoms with Gasteiger partial charge < -0.3 is 19.1 Å². The number of hydrogen-bond donors (Lipinski definition) is 0. The molecule has 178 valence electrons. The molecule has 1 aliphatic heterocycles. The van der Waals surface area contributed by atoms with Crippen molar-refractivity contribution in [2.45, 2.75) is 20.5 Å². The zero-order chi connectivity index (χ0) is 24.2. The van der Waals surface area contributed by atoms with Crippen LogP contribution in [0.1, 0.15) is 27.4 Å². The van der Waals surface area contributed by atoms with E-state index in [0.717, 1.165) is 18.7 Å². The molecule has 1 fully saturated rings. The van der Waals surface area contributed by atoms with E-state index in [1.807, 2.05) is 54.3 Å². The van der Waals surface area contributed by atoms with E-state index in [-0.39, 0.29) is 12.5 Å². The van der Waals surface area contributed by atoms with Crippen LogP contribution < -0.4 is 9.64 Å². The average molecular weight is 469 g/mol. The Morgan fingerprint density at radius 1 is 0.914 bits per heavy atom. The summed E-state index contributed by atoms with van der Waals surface area (Å²) in [5.41, 5.74) is 5.06. The number of piperazine rings is 1. The Kier molecular flexibility index (Phi) is 6.48. The summed E-state index contributed by atoms with van der Waals surface area (Å²) in [6.45, 7) is 7.14. The van der Waals surface area contributed by atoms with E-state index in [0.29, 0.717) is 36.1 Å². The van der Waals surface area contributed by atoms with Crippen LogP contribution in [0.15, 0.2) is 77.3 Å². The molecule has 1 aliphatic rings. The van der Waals surface area contributed by atoms with Crippen molar-refractivity contribution < 1.29 is 14.1 Å². The standard InChI is InChI=1S/C28H28N4O3/c1-20-11-13-22(14-12-20)27-29-26(35-30-27)19-34-25-10-6-4-8-23(25)28(33)32-17-15-31(16-18-32)24-9-5-3-7-21(24)2/h3-14H,15-19H2,1-2H3. The highest BCUT2D eigenvalue weighted by molar-refractivity contribution is 5.97. The van der Waals surface area contributed by atoms with Gasteiger partial charge in [-0.2, -0.15) is 4.98 Å². The van der Waals surface area contributed by atoms with Gasteiger partial charge >= 0.3 is 0 Å². The fourth-order valence-corrected chi connectivity index (χ4v) is 4.28. The number of aryl methyl sites for hydroxylation is 2. The first-order valence-electron chi connectivity index (χ1n) is 11.8. The largest absolute Gasteiger partial charge is 0.483 e. The third kappa shape index (κ3) is 5.04. The van der Waals surface area contributed by atoms with E-state index in [1.54, 1.807) is 12.1 Å². The normalized spacial score (nSPS) is 13.7. The van der Waals surface area contributed by atoms with Crippen LogP contribution >= 0.6 is 0 Å². The number of benzene rings is 3. The lowest BCUT2D eigenvalue weighted by Crippen LogP contribution is -2.49. The first kappa shape index (κ1) is 22.7. The fraction of sp³-hybridized carbons (Fsp3) is 0.250. The summed E-state index contributed by atoms with van der Waals surface area (Å²) in [6.07, 6.45) is 0. The molecule has 0 spiro atoms. The second kappa shape index (κ2) is 10.0. The predicted octanol–water partition coefficient (Wildman–Crippen LogP) is 4.89. The lowest BCUT2D eigenvalue weighted by Gasteiger charge is -2.37. The topological polar surface area (TPSA) is 71.7 Å². The molecule has 0 radical (unpaired) electrons. The van der Waals surface area contributed by atoms with Gasteiger partial charge in [-0.05, 0) is 37.6 Å². The van der Waals surface area contributed by atoms with Crippen LogP contribution in [-0.4, -0.2) is 47.1 Å². The highest BCUT2D eigenvalue weighted by Gasteiger charge is 2.25. The molecule has 0 bridgehead atoms. The molecule has 7 heteroatoms. The summed E-state index contributed by atoms with van der Waals surface area (Å²) in [5.74, 6) is 1.35. The van der Waals surface area contributed by atoms with E-state index in [4.69, 9.17) is 9.26 Å². The summed E-state index contributed by atoms with van der Waals surface area (Å²) < 4.78 is 11.3. The Bertz CT molecular complexity index is 1310. The minimum absolute atomic E-state index is 0.0316. The highest BCUT2D eigenvalue weighted by atomic mass is 16.5. The Morgan fingerprint density at radius 2 is 1.63 bits per heavy atom. The number of hydrogen-bond acceptors (Lipinski definition) is 6. The van der Waals surface area contributed by atoms with E-state index >= 15 is 0 Å². The van der Waals surface area contributed by atoms with Crippen molar-refractivity contribution in [1.82, 2.24) is 15.0 Å². The fourth-order valence-electron chi connectivity index (χ4n) is 4.28. The Labute approximate surface area is 204 Å². The maximum Gasteiger partial charge on any atom is 0.264 e. The lowest BCUT2D eigenvalue weighted by atomic mass is 10.1. The summed E-state index contributed by atoms with van der Waals surface area (Å²) in [7, 11) is 0. The number of anilines is 1. The molecule has 0 saturated carbocycles. The summed E-state index contributed by atoms with van der Waals surface area (Å²) in [5, 5.41) is 4.05. The number of para-hydroxylation sites is 2. The van der Waals surface area contributed by atoms with Gasteiger partial charge in [-0.25, -0.2) is 0 Å². The number of nitrogens with zero attached hydrogens (tertiary/aromatic N) is 4. The van der Waals surface area contributed by atoms with Crippen molar-refractivity contribution in [2.75, 3.05) is 31.1 Å². The van der Waals surface area contributed by atoms with Crippen LogP contribution in [0.5, 0.6) is 5.75 Å². The summed E-state index contributed by atoms with van der Waals surface area (Å²) in [6, 6.07) is 23.6. The van der Waals surface area contributed by atoms with Gasteiger partial charge in [-0.1, -0.05) is 65.3 Å². The van der Waals surface area contributed by atoms with Crippen LogP contribution in [0.2, 0.25) is 0 Å². The van der Waals surface area contributed by atoms with Crippen LogP contribution in [0.4, 0.5) is 5.69 Å². The van der Waals surface area contributed by atoms with E-state index in [9.17, 15) is 4.79 Å². The maximum atomic E-state index is 13.3. The molecule has 0 N–H and O–H groups in total. The molecule has 0 aliphatic carbocycles. The van der Waals surface area contributed by atoms with Gasteiger partial charge in [0, 0.05) is 37.4 Å². The molecule has 0 atom stereocenters. The molecule has 4 aromatic rings. The van der Waals surface area contributed by atoms with Crippen molar-refractivity contribution >= 4 is 11.6 Å². The molecular weight excluding hydrogens is 440 g/mol. The van der Waals surface area contributed by atoms with Crippen LogP contribution in [0.25, 0.3) is 11.4 Å². The van der Waals surface area contributed by atoms with Gasteiger partial charge in [0.15, 0.2) is 6.61 Å². The van der Waals surface area contributed by atoms with Crippen LogP contribution in [0.3, 0.4) is 0 Å². The minimum Gasteiger partial charge on any atom is -0.483 e. The van der Waals surface area contributed by atoms with Crippen molar-refractivity contribution in [3.63, 3.8) is 0 Å². The summed E-state index contributed by atoms with van der Waals surface area (Å²) >= 11 is 0. The van der Waals surface area contributed by atoms with Crippen molar-refractivity contribution in [3.8, 4) is 17.1 Å². The number of carbonyl (C=O) groups is 1. The number of carbonyl (C=O) groups excluding carboxylic acids is 1. The molecule has 2 heterocycles. The Morgan fingerprint density at radius 3 is 2.40 bits per heavy atom. The smallest absolute Gasteiger partial charge is 0.264 e. The molecular formula is C28H28N4O3. The SMILES string of the molecule is Cc1ccc(-c2noc(COc3ccccc3C(=O)N3CCN(c4ccccc4C)CC3)n2)cc1. The lowest BCUT2D eigenvalue weighted by molar-refractivity contribution is 0.0741. The van der Waals surface area contributed by atoms with Crippen molar-refractivity contribution in [2.24, 2.45) is 0 Å². The first-order valence-corrected chi connectivity index (χ1v) is 11.8. The Hall–Kier alpha value is -4.13. The van der Waals surface area contributed by atoms with Gasteiger partial charge in [0.05, 0.1) is 5.56 Å². The molecule has 1 aromatic heterocycles. The van der Waals surface area contributed by atoms with Crippen LogP contribution in [-0.2, 0) is 6.61 Å². The highest BCUT2D eigenvalue weighted by Crippen LogP contribution is 2.25. The molecule has 1 saturated heterocycles. The Balaban J connectivity index is 1.23. The number of ether oxygens (including phenoxy) is 1. The zero-order valence-electron chi connectivity index (χ0n) is 20.0. The number of rotatable bonds is 6. The van der Waals surface area contributed by atoms with E-state index < -0.39 is 0 Å². The summed E-state index contributed by atoms with van der Waals surface area (Å²) in [4.78, 5) is 22.0. The van der Waals surface area contributed by atoms with Crippen molar-refractivity contribution in [3.05, 3.63) is 95.4 Å². The first-order chi connectivity index (χ1) is 17.1. The van der Waals surface area contributed by atoms with Gasteiger partial charge in [-0.3, -0.25) is 4.79 Å². The third-order valence-electron chi connectivity index (χ3n) is 6.27. The van der Waals surface area contributed by atoms with Crippen molar-refractivity contribution in [1.29, 1.82) is 0 Å². The molecule has 35 heavy (non-hydrogen) atoms. The second-order valence-electron chi connectivity index (χ2n) is 8.73. The zero-order valence-corrected chi connectivity index (χ0v) is 20.0. The molecule has 0 unspecified atom stereocenters. The minimum atomic E-state index is -0.0316. The van der Waals surface area contributed by atoms with Crippen LogP contribution in [0, 0.1) is 13.8 Å². The average Bonchev–Trinajstić information content (AvgIpc) is 3.37. The quantitative estimate of drug-likeness (QED) is 0.401. The molecule has 3 aromatic carbocycles. The van der Waals surface area contributed by atoms with Gasteiger partial charge in [0.25, 0.3) is 11.8 Å². The molecule has 1 amide bonds. The van der Waals surface area contributed by atoms with E-state index in [1.165, 1.54) is 16.8 Å². The monoisotopic (exact) mass is 468 g/mol. The van der Waals surface area contributed by atoms with Gasteiger partial charge in [-0.15, -0.1) is 0 Å². The molecule has 5 rings (SSSR count). The molecule has 7 nitrogen and oxygen atoms in total. The second-order valence-corrected chi connectivity index (χ2v) is 8.73. The predicted molar refractivity (Wildman–Crippen MR) is 135 cm³/mol. The van der Waals surface area contributed by atoms with Gasteiger partial charge in [0.1, 0.15) is 5.75 Å². The number of aromatic nitrogens is 2.